The zero-order valence-electron chi connectivity index (χ0n) is 8.44. The van der Waals surface area contributed by atoms with Crippen molar-refractivity contribution in [3.8, 4) is 6.07 Å². The second-order valence-corrected chi connectivity index (χ2v) is 3.58. The number of rotatable bonds is 5. The van der Waals surface area contributed by atoms with Crippen LogP contribution in [0.2, 0.25) is 0 Å². The smallest absolute Gasteiger partial charge is 0.240 e. The molecule has 78 valence electrons. The number of aliphatic hydroxyl groups is 1. The van der Waals surface area contributed by atoms with Crippen molar-refractivity contribution in [2.24, 2.45) is 5.92 Å². The molecule has 0 bridgehead atoms. The van der Waals surface area contributed by atoms with Crippen LogP contribution in [0, 0.1) is 17.2 Å². The van der Waals surface area contributed by atoms with E-state index in [0.29, 0.717) is 13.0 Å². The summed E-state index contributed by atoms with van der Waals surface area (Å²) >= 11 is 0. The third kappa shape index (κ3) is 2.46. The van der Waals surface area contributed by atoms with Crippen molar-refractivity contribution in [3.05, 3.63) is 0 Å². The molecule has 1 saturated carbocycles. The Bertz CT molecular complexity index is 243. The zero-order valence-corrected chi connectivity index (χ0v) is 8.44. The minimum Gasteiger partial charge on any atom is -0.395 e. The summed E-state index contributed by atoms with van der Waals surface area (Å²) in [4.78, 5) is 13.4. The van der Waals surface area contributed by atoms with Crippen molar-refractivity contribution in [2.45, 2.75) is 32.2 Å². The van der Waals surface area contributed by atoms with E-state index in [4.69, 9.17) is 10.4 Å². The third-order valence-electron chi connectivity index (χ3n) is 2.47. The second-order valence-electron chi connectivity index (χ2n) is 3.58. The van der Waals surface area contributed by atoms with Gasteiger partial charge in [-0.2, -0.15) is 5.26 Å². The van der Waals surface area contributed by atoms with E-state index >= 15 is 0 Å². The average molecular weight is 196 g/mol. The number of aliphatic hydroxyl groups excluding tert-OH is 1. The maximum Gasteiger partial charge on any atom is 0.240 e. The lowest BCUT2D eigenvalue weighted by Crippen LogP contribution is -2.39. The molecule has 4 heteroatoms. The van der Waals surface area contributed by atoms with Gasteiger partial charge in [0.05, 0.1) is 12.7 Å². The Labute approximate surface area is 84.1 Å². The number of carbonyl (C=O) groups excluding carboxylic acids is 1. The topological polar surface area (TPSA) is 64.3 Å². The van der Waals surface area contributed by atoms with Crippen molar-refractivity contribution >= 4 is 5.91 Å². The summed E-state index contributed by atoms with van der Waals surface area (Å²) in [7, 11) is 0. The predicted molar refractivity (Wildman–Crippen MR) is 51.2 cm³/mol. The molecule has 0 aliphatic heterocycles. The molecule has 0 spiro atoms. The first-order chi connectivity index (χ1) is 6.74. The number of nitrogens with zero attached hydrogens (tertiary/aromatic N) is 2. The largest absolute Gasteiger partial charge is 0.395 e. The first-order valence-corrected chi connectivity index (χ1v) is 5.05. The van der Waals surface area contributed by atoms with Gasteiger partial charge in [0, 0.05) is 12.6 Å². The summed E-state index contributed by atoms with van der Waals surface area (Å²) in [6, 6.07) is 2.28. The molecule has 0 aromatic carbocycles. The Morgan fingerprint density at radius 1 is 1.71 bits per heavy atom. The highest BCUT2D eigenvalue weighted by atomic mass is 16.3. The fraction of sp³-hybridized carbons (Fsp3) is 0.800. The van der Waals surface area contributed by atoms with Gasteiger partial charge in [-0.15, -0.1) is 0 Å². The molecule has 0 saturated heterocycles. The van der Waals surface area contributed by atoms with Gasteiger partial charge in [0.25, 0.3) is 0 Å². The monoisotopic (exact) mass is 196 g/mol. The molecule has 0 aromatic heterocycles. The summed E-state index contributed by atoms with van der Waals surface area (Å²) in [5.41, 5.74) is 0. The van der Waals surface area contributed by atoms with Crippen LogP contribution < -0.4 is 0 Å². The number of carbonyl (C=O) groups is 1. The van der Waals surface area contributed by atoms with E-state index in [1.807, 2.05) is 13.0 Å². The Kier molecular flexibility index (Phi) is 3.90. The van der Waals surface area contributed by atoms with E-state index in [9.17, 15) is 4.79 Å². The molecule has 1 aliphatic carbocycles. The molecular weight excluding hydrogens is 180 g/mol. The Morgan fingerprint density at radius 2 is 2.36 bits per heavy atom. The normalized spacial score (nSPS) is 17.2. The quantitative estimate of drug-likeness (QED) is 0.697. The van der Waals surface area contributed by atoms with Crippen LogP contribution in [-0.2, 0) is 4.79 Å². The summed E-state index contributed by atoms with van der Waals surface area (Å²) in [6.07, 6.45) is 2.56. The molecule has 14 heavy (non-hydrogen) atoms. The fourth-order valence-electron chi connectivity index (χ4n) is 1.49. The van der Waals surface area contributed by atoms with Gasteiger partial charge in [-0.1, -0.05) is 6.92 Å². The van der Waals surface area contributed by atoms with E-state index in [-0.39, 0.29) is 18.6 Å². The van der Waals surface area contributed by atoms with E-state index in [1.54, 1.807) is 4.90 Å². The van der Waals surface area contributed by atoms with Crippen molar-refractivity contribution in [3.63, 3.8) is 0 Å². The van der Waals surface area contributed by atoms with Crippen molar-refractivity contribution in [1.82, 2.24) is 4.90 Å². The molecule has 0 radical (unpaired) electrons. The molecule has 1 amide bonds. The summed E-state index contributed by atoms with van der Waals surface area (Å²) in [5, 5.41) is 17.6. The summed E-state index contributed by atoms with van der Waals surface area (Å²) < 4.78 is 0. The maximum atomic E-state index is 11.8. The number of hydrogen-bond acceptors (Lipinski definition) is 3. The lowest BCUT2D eigenvalue weighted by molar-refractivity contribution is -0.134. The van der Waals surface area contributed by atoms with Crippen LogP contribution in [0.5, 0.6) is 0 Å². The standard InChI is InChI=1S/C10H16N2O2/c1-2-8(7-11)10(14)12(5-6-13)9-3-4-9/h8-9,13H,2-6H2,1H3. The van der Waals surface area contributed by atoms with Crippen LogP contribution in [0.4, 0.5) is 0 Å². The van der Waals surface area contributed by atoms with Gasteiger partial charge in [-0.25, -0.2) is 0 Å². The van der Waals surface area contributed by atoms with Gasteiger partial charge in [0.15, 0.2) is 0 Å². The number of nitriles is 1. The average Bonchev–Trinajstić information content (AvgIpc) is 2.99. The van der Waals surface area contributed by atoms with Gasteiger partial charge in [-0.3, -0.25) is 4.79 Å². The van der Waals surface area contributed by atoms with Crippen molar-refractivity contribution in [1.29, 1.82) is 5.26 Å². The second kappa shape index (κ2) is 4.97. The molecule has 4 nitrogen and oxygen atoms in total. The lowest BCUT2D eigenvalue weighted by Gasteiger charge is -2.23. The SMILES string of the molecule is CCC(C#N)C(=O)N(CCO)C1CC1. The first kappa shape index (κ1) is 11.0. The van der Waals surface area contributed by atoms with Crippen LogP contribution >= 0.6 is 0 Å². The number of hydrogen-bond donors (Lipinski definition) is 1. The highest BCUT2D eigenvalue weighted by Gasteiger charge is 2.34. The maximum absolute atomic E-state index is 11.8. The highest BCUT2D eigenvalue weighted by Crippen LogP contribution is 2.28. The van der Waals surface area contributed by atoms with Gasteiger partial charge >= 0.3 is 0 Å². The van der Waals surface area contributed by atoms with Crippen LogP contribution in [0.15, 0.2) is 0 Å². The van der Waals surface area contributed by atoms with Crippen LogP contribution in [0.25, 0.3) is 0 Å². The molecule has 0 aromatic rings. The predicted octanol–water partition coefficient (Wildman–Crippen LogP) is 0.519. The molecule has 1 atom stereocenters. The van der Waals surface area contributed by atoms with E-state index < -0.39 is 5.92 Å². The minimum atomic E-state index is -0.540. The lowest BCUT2D eigenvalue weighted by atomic mass is 10.1. The Morgan fingerprint density at radius 3 is 2.71 bits per heavy atom. The summed E-state index contributed by atoms with van der Waals surface area (Å²) in [5.74, 6) is -0.659. The first-order valence-electron chi connectivity index (χ1n) is 5.05. The summed E-state index contributed by atoms with van der Waals surface area (Å²) in [6.45, 7) is 2.17. The van der Waals surface area contributed by atoms with Gasteiger partial charge in [0.2, 0.25) is 5.91 Å². The molecule has 1 aliphatic rings. The molecular formula is C10H16N2O2. The highest BCUT2D eigenvalue weighted by molar-refractivity contribution is 5.81. The van der Waals surface area contributed by atoms with Gasteiger partial charge in [-0.05, 0) is 19.3 Å². The minimum absolute atomic E-state index is 0.0237. The third-order valence-corrected chi connectivity index (χ3v) is 2.47. The van der Waals surface area contributed by atoms with Crippen LogP contribution in [0.1, 0.15) is 26.2 Å². The number of amides is 1. The van der Waals surface area contributed by atoms with Crippen molar-refractivity contribution < 1.29 is 9.90 Å². The van der Waals surface area contributed by atoms with E-state index in [1.165, 1.54) is 0 Å². The Hall–Kier alpha value is -1.08. The fourth-order valence-corrected chi connectivity index (χ4v) is 1.49. The molecule has 1 N–H and O–H groups in total. The van der Waals surface area contributed by atoms with Gasteiger partial charge < -0.3 is 10.0 Å². The van der Waals surface area contributed by atoms with Crippen molar-refractivity contribution in [2.75, 3.05) is 13.2 Å². The zero-order chi connectivity index (χ0) is 10.6. The molecule has 1 fully saturated rings. The van der Waals surface area contributed by atoms with Gasteiger partial charge in [0.1, 0.15) is 5.92 Å². The molecule has 1 rings (SSSR count). The van der Waals surface area contributed by atoms with E-state index in [0.717, 1.165) is 12.8 Å². The van der Waals surface area contributed by atoms with Crippen LogP contribution in [0.3, 0.4) is 0 Å². The Balaban J connectivity index is 2.58. The van der Waals surface area contributed by atoms with E-state index in [2.05, 4.69) is 0 Å². The molecule has 1 unspecified atom stereocenters. The molecule has 0 heterocycles. The van der Waals surface area contributed by atoms with Crippen LogP contribution in [-0.4, -0.2) is 35.1 Å².